The number of ether oxygens (including phenoxy) is 1. The maximum atomic E-state index is 12.2. The van der Waals surface area contributed by atoms with Crippen LogP contribution in [0.2, 0.25) is 0 Å². The molecule has 5 nitrogen and oxygen atoms in total. The van der Waals surface area contributed by atoms with Crippen LogP contribution in [-0.2, 0) is 4.74 Å². The van der Waals surface area contributed by atoms with E-state index in [0.717, 1.165) is 32.4 Å². The number of likely N-dealkylation sites (tertiary alicyclic amines) is 1. The minimum absolute atomic E-state index is 0.0137. The third kappa shape index (κ3) is 5.13. The van der Waals surface area contributed by atoms with E-state index in [9.17, 15) is 9.90 Å². The van der Waals surface area contributed by atoms with Crippen LogP contribution in [0, 0.1) is 11.8 Å². The predicted molar refractivity (Wildman–Crippen MR) is 86.8 cm³/mol. The van der Waals surface area contributed by atoms with Crippen molar-refractivity contribution in [2.24, 2.45) is 11.8 Å². The molecule has 128 valence electrons. The number of carbonyl (C=O) groups excluding carboxylic acids is 1. The van der Waals surface area contributed by atoms with Gasteiger partial charge in [0, 0.05) is 32.8 Å². The first-order chi connectivity index (χ1) is 10.7. The lowest BCUT2D eigenvalue weighted by Crippen LogP contribution is -2.46. The number of urea groups is 1. The fourth-order valence-corrected chi connectivity index (χ4v) is 3.83. The quantitative estimate of drug-likeness (QED) is 0.759. The lowest BCUT2D eigenvalue weighted by molar-refractivity contribution is 0.0164. The molecule has 1 heterocycles. The average molecular weight is 312 g/mol. The Labute approximate surface area is 134 Å². The third-order valence-electron chi connectivity index (χ3n) is 5.08. The van der Waals surface area contributed by atoms with Gasteiger partial charge in [-0.05, 0) is 50.9 Å². The van der Waals surface area contributed by atoms with Gasteiger partial charge in [-0.15, -0.1) is 0 Å². The van der Waals surface area contributed by atoms with Gasteiger partial charge in [-0.25, -0.2) is 4.79 Å². The standard InChI is InChI=1S/C17H32N2O3/c1-2-22-16(15-7-3-4-8-15)9-10-18-17(21)19-11-5-6-14(12-19)13-20/h14-16,20H,2-13H2,1H3,(H,18,21). The van der Waals surface area contributed by atoms with Gasteiger partial charge in [0.2, 0.25) is 0 Å². The summed E-state index contributed by atoms with van der Waals surface area (Å²) in [5.74, 6) is 0.916. The predicted octanol–water partition coefficient (Wildman–Crippen LogP) is 2.39. The summed E-state index contributed by atoms with van der Waals surface area (Å²) in [6.07, 6.45) is 8.37. The van der Waals surface area contributed by atoms with E-state index in [4.69, 9.17) is 4.74 Å². The Morgan fingerprint density at radius 3 is 2.77 bits per heavy atom. The number of amides is 2. The number of aliphatic hydroxyl groups excluding tert-OH is 1. The molecule has 2 atom stereocenters. The minimum atomic E-state index is 0.0137. The van der Waals surface area contributed by atoms with Crippen LogP contribution in [0.4, 0.5) is 4.79 Å². The fourth-order valence-electron chi connectivity index (χ4n) is 3.83. The Morgan fingerprint density at radius 1 is 1.32 bits per heavy atom. The summed E-state index contributed by atoms with van der Waals surface area (Å²) in [5, 5.41) is 12.3. The maximum absolute atomic E-state index is 12.2. The molecule has 0 spiro atoms. The molecule has 2 fully saturated rings. The van der Waals surface area contributed by atoms with Crippen LogP contribution in [-0.4, -0.2) is 55.0 Å². The SMILES string of the molecule is CCOC(CCNC(=O)N1CCCC(CO)C1)C1CCCC1. The van der Waals surface area contributed by atoms with Crippen molar-refractivity contribution in [3.8, 4) is 0 Å². The molecule has 5 heteroatoms. The zero-order chi connectivity index (χ0) is 15.8. The van der Waals surface area contributed by atoms with Gasteiger partial charge in [0.05, 0.1) is 6.10 Å². The van der Waals surface area contributed by atoms with Crippen molar-refractivity contribution in [2.45, 2.75) is 58.0 Å². The molecule has 1 aliphatic heterocycles. The van der Waals surface area contributed by atoms with Crippen LogP contribution < -0.4 is 5.32 Å². The van der Waals surface area contributed by atoms with Crippen molar-refractivity contribution in [1.82, 2.24) is 10.2 Å². The molecular formula is C17H32N2O3. The molecule has 2 amide bonds. The van der Waals surface area contributed by atoms with Gasteiger partial charge < -0.3 is 20.1 Å². The number of piperidine rings is 1. The van der Waals surface area contributed by atoms with E-state index in [1.165, 1.54) is 25.7 Å². The van der Waals surface area contributed by atoms with Crippen molar-refractivity contribution in [2.75, 3.05) is 32.8 Å². The number of hydrogen-bond donors (Lipinski definition) is 2. The number of rotatable bonds is 7. The van der Waals surface area contributed by atoms with E-state index in [0.29, 0.717) is 25.1 Å². The second-order valence-corrected chi connectivity index (χ2v) is 6.70. The monoisotopic (exact) mass is 312 g/mol. The van der Waals surface area contributed by atoms with Crippen molar-refractivity contribution in [3.05, 3.63) is 0 Å². The summed E-state index contributed by atoms with van der Waals surface area (Å²) in [7, 11) is 0. The van der Waals surface area contributed by atoms with Crippen molar-refractivity contribution < 1.29 is 14.6 Å². The first kappa shape index (κ1) is 17.5. The molecule has 1 aliphatic carbocycles. The minimum Gasteiger partial charge on any atom is -0.396 e. The Bertz CT molecular complexity index is 332. The molecule has 0 aromatic carbocycles. The van der Waals surface area contributed by atoms with Crippen molar-refractivity contribution >= 4 is 6.03 Å². The average Bonchev–Trinajstić information content (AvgIpc) is 3.08. The Hall–Kier alpha value is -0.810. The number of nitrogens with one attached hydrogen (secondary N) is 1. The van der Waals surface area contributed by atoms with Crippen LogP contribution in [0.1, 0.15) is 51.9 Å². The zero-order valence-electron chi connectivity index (χ0n) is 13.9. The van der Waals surface area contributed by atoms with Crippen LogP contribution >= 0.6 is 0 Å². The van der Waals surface area contributed by atoms with Crippen LogP contribution in [0.25, 0.3) is 0 Å². The number of hydrogen-bond acceptors (Lipinski definition) is 3. The van der Waals surface area contributed by atoms with Crippen LogP contribution in [0.5, 0.6) is 0 Å². The summed E-state index contributed by atoms with van der Waals surface area (Å²) in [6.45, 7) is 5.14. The van der Waals surface area contributed by atoms with Gasteiger partial charge in [-0.1, -0.05) is 12.8 Å². The second-order valence-electron chi connectivity index (χ2n) is 6.70. The highest BCUT2D eigenvalue weighted by Gasteiger charge is 2.26. The maximum Gasteiger partial charge on any atom is 0.317 e. The molecule has 2 unspecified atom stereocenters. The summed E-state index contributed by atoms with van der Waals surface area (Å²) < 4.78 is 5.89. The highest BCUT2D eigenvalue weighted by molar-refractivity contribution is 5.74. The molecule has 0 bridgehead atoms. The molecular weight excluding hydrogens is 280 g/mol. The van der Waals surface area contributed by atoms with Gasteiger partial charge in [-0.3, -0.25) is 0 Å². The topological polar surface area (TPSA) is 61.8 Å². The molecule has 2 rings (SSSR count). The highest BCUT2D eigenvalue weighted by Crippen LogP contribution is 2.30. The summed E-state index contributed by atoms with van der Waals surface area (Å²) >= 11 is 0. The molecule has 22 heavy (non-hydrogen) atoms. The molecule has 0 aromatic heterocycles. The van der Waals surface area contributed by atoms with E-state index in [1.807, 2.05) is 11.8 Å². The van der Waals surface area contributed by atoms with Crippen LogP contribution in [0.15, 0.2) is 0 Å². The molecule has 0 radical (unpaired) electrons. The molecule has 1 saturated heterocycles. The molecule has 0 aromatic rings. The van der Waals surface area contributed by atoms with E-state index in [2.05, 4.69) is 5.32 Å². The van der Waals surface area contributed by atoms with Gasteiger partial charge in [0.15, 0.2) is 0 Å². The van der Waals surface area contributed by atoms with E-state index in [1.54, 1.807) is 0 Å². The number of carbonyl (C=O) groups is 1. The van der Waals surface area contributed by atoms with Crippen LogP contribution in [0.3, 0.4) is 0 Å². The first-order valence-electron chi connectivity index (χ1n) is 8.99. The Kier molecular flexibility index (Phi) is 7.46. The smallest absolute Gasteiger partial charge is 0.317 e. The van der Waals surface area contributed by atoms with Gasteiger partial charge in [0.1, 0.15) is 0 Å². The summed E-state index contributed by atoms with van der Waals surface area (Å²) in [4.78, 5) is 14.1. The Balaban J connectivity index is 1.70. The van der Waals surface area contributed by atoms with Crippen molar-refractivity contribution in [3.63, 3.8) is 0 Å². The van der Waals surface area contributed by atoms with E-state index < -0.39 is 0 Å². The first-order valence-corrected chi connectivity index (χ1v) is 8.99. The van der Waals surface area contributed by atoms with Crippen molar-refractivity contribution in [1.29, 1.82) is 0 Å². The highest BCUT2D eigenvalue weighted by atomic mass is 16.5. The fraction of sp³-hybridized carbons (Fsp3) is 0.941. The summed E-state index contributed by atoms with van der Waals surface area (Å²) in [6, 6.07) is 0.0137. The van der Waals surface area contributed by atoms with Gasteiger partial charge in [-0.2, -0.15) is 0 Å². The number of aliphatic hydroxyl groups is 1. The zero-order valence-corrected chi connectivity index (χ0v) is 13.9. The molecule has 1 saturated carbocycles. The lowest BCUT2D eigenvalue weighted by Gasteiger charge is -2.32. The molecule has 2 aliphatic rings. The largest absolute Gasteiger partial charge is 0.396 e. The second kappa shape index (κ2) is 9.36. The van der Waals surface area contributed by atoms with E-state index in [-0.39, 0.29) is 18.6 Å². The third-order valence-corrected chi connectivity index (χ3v) is 5.08. The lowest BCUT2D eigenvalue weighted by atomic mass is 9.98. The van der Waals surface area contributed by atoms with E-state index >= 15 is 0 Å². The van der Waals surface area contributed by atoms with Gasteiger partial charge >= 0.3 is 6.03 Å². The molecule has 2 N–H and O–H groups in total. The normalized spacial score (nSPS) is 24.5. The number of nitrogens with zero attached hydrogens (tertiary/aromatic N) is 1. The summed E-state index contributed by atoms with van der Waals surface area (Å²) in [5.41, 5.74) is 0. The Morgan fingerprint density at radius 2 is 2.09 bits per heavy atom. The van der Waals surface area contributed by atoms with Gasteiger partial charge in [0.25, 0.3) is 0 Å².